The van der Waals surface area contributed by atoms with E-state index < -0.39 is 28.5 Å². The summed E-state index contributed by atoms with van der Waals surface area (Å²) in [6.45, 7) is 5.29. The van der Waals surface area contributed by atoms with Crippen molar-refractivity contribution >= 4 is 39.1 Å². The molecule has 0 bridgehead atoms. The summed E-state index contributed by atoms with van der Waals surface area (Å²) in [5, 5.41) is 3.49. The van der Waals surface area contributed by atoms with Gasteiger partial charge < -0.3 is 10.2 Å². The largest absolute Gasteiger partial charge is 0.352 e. The number of amides is 2. The molecule has 3 aromatic rings. The second kappa shape index (κ2) is 13.5. The Morgan fingerprint density at radius 1 is 0.951 bits per heavy atom. The fraction of sp³-hybridized carbons (Fsp3) is 0.375. The molecule has 2 amide bonds. The first kappa shape index (κ1) is 30.6. The SMILES string of the molecule is CCC(C(=O)NC1CCCC1)N(Cc1ccccc1C)C(=O)CN(c1cc(Cl)ccc1C)S(=O)(=O)c1ccccc1. The number of nitrogens with one attached hydrogen (secondary N) is 1. The molecule has 0 saturated heterocycles. The van der Waals surface area contributed by atoms with Gasteiger partial charge in [0.25, 0.3) is 10.0 Å². The molecular formula is C32H38ClN3O4S. The average Bonchev–Trinajstić information content (AvgIpc) is 3.47. The molecule has 1 N–H and O–H groups in total. The lowest BCUT2D eigenvalue weighted by atomic mass is 10.1. The molecule has 1 atom stereocenters. The highest BCUT2D eigenvalue weighted by Gasteiger charge is 2.35. The number of aryl methyl sites for hydroxylation is 2. The van der Waals surface area contributed by atoms with E-state index in [0.29, 0.717) is 22.7 Å². The van der Waals surface area contributed by atoms with Gasteiger partial charge in [-0.15, -0.1) is 0 Å². The summed E-state index contributed by atoms with van der Waals surface area (Å²) in [6, 6.07) is 20.0. The monoisotopic (exact) mass is 595 g/mol. The first-order chi connectivity index (χ1) is 19.6. The van der Waals surface area contributed by atoms with E-state index in [9.17, 15) is 18.0 Å². The van der Waals surface area contributed by atoms with Crippen LogP contribution in [0, 0.1) is 13.8 Å². The number of carbonyl (C=O) groups is 2. The minimum atomic E-state index is -4.15. The van der Waals surface area contributed by atoms with Gasteiger partial charge in [0.1, 0.15) is 12.6 Å². The molecule has 1 aliphatic carbocycles. The van der Waals surface area contributed by atoms with E-state index in [1.165, 1.54) is 17.0 Å². The number of carbonyl (C=O) groups excluding carboxylic acids is 2. The first-order valence-electron chi connectivity index (χ1n) is 14.1. The minimum Gasteiger partial charge on any atom is -0.352 e. The molecule has 0 spiro atoms. The van der Waals surface area contributed by atoms with Gasteiger partial charge in [-0.1, -0.05) is 79.9 Å². The van der Waals surface area contributed by atoms with Gasteiger partial charge in [-0.3, -0.25) is 13.9 Å². The fourth-order valence-corrected chi connectivity index (χ4v) is 7.00. The van der Waals surface area contributed by atoms with Gasteiger partial charge in [0.05, 0.1) is 10.6 Å². The van der Waals surface area contributed by atoms with Crippen LogP contribution < -0.4 is 9.62 Å². The normalized spacial score (nSPS) is 14.4. The molecule has 0 radical (unpaired) electrons. The molecule has 41 heavy (non-hydrogen) atoms. The quantitative estimate of drug-likeness (QED) is 0.294. The van der Waals surface area contributed by atoms with Crippen molar-refractivity contribution in [3.05, 3.63) is 94.5 Å². The van der Waals surface area contributed by atoms with Crippen LogP contribution in [0.4, 0.5) is 5.69 Å². The molecule has 7 nitrogen and oxygen atoms in total. The third-order valence-electron chi connectivity index (χ3n) is 7.74. The number of halogens is 1. The van der Waals surface area contributed by atoms with E-state index in [1.807, 2.05) is 38.1 Å². The molecule has 0 aliphatic heterocycles. The second-order valence-electron chi connectivity index (χ2n) is 10.6. The van der Waals surface area contributed by atoms with Crippen molar-refractivity contribution in [1.82, 2.24) is 10.2 Å². The van der Waals surface area contributed by atoms with Crippen LogP contribution in [0.15, 0.2) is 77.7 Å². The van der Waals surface area contributed by atoms with Crippen LogP contribution in [0.5, 0.6) is 0 Å². The van der Waals surface area contributed by atoms with Crippen LogP contribution in [0.1, 0.15) is 55.7 Å². The number of rotatable bonds is 11. The van der Waals surface area contributed by atoms with Crippen LogP contribution in [0.2, 0.25) is 5.02 Å². The van der Waals surface area contributed by atoms with E-state index in [0.717, 1.165) is 41.1 Å². The zero-order chi connectivity index (χ0) is 29.6. The Balaban J connectivity index is 1.75. The Labute approximate surface area is 248 Å². The molecule has 0 aromatic heterocycles. The van der Waals surface area contributed by atoms with Gasteiger partial charge in [0, 0.05) is 17.6 Å². The van der Waals surface area contributed by atoms with Gasteiger partial charge in [-0.05, 0) is 74.1 Å². The lowest BCUT2D eigenvalue weighted by Gasteiger charge is -2.34. The molecule has 1 unspecified atom stereocenters. The number of hydrogen-bond donors (Lipinski definition) is 1. The highest BCUT2D eigenvalue weighted by atomic mass is 35.5. The summed E-state index contributed by atoms with van der Waals surface area (Å²) < 4.78 is 29.1. The molecular weight excluding hydrogens is 558 g/mol. The predicted molar refractivity (Wildman–Crippen MR) is 163 cm³/mol. The van der Waals surface area contributed by atoms with Gasteiger partial charge in [0.15, 0.2) is 0 Å². The highest BCUT2D eigenvalue weighted by Crippen LogP contribution is 2.30. The Kier molecular flexibility index (Phi) is 10.1. The summed E-state index contributed by atoms with van der Waals surface area (Å²) in [5.41, 5.74) is 2.84. The van der Waals surface area contributed by atoms with Crippen molar-refractivity contribution in [3.8, 4) is 0 Å². The predicted octanol–water partition coefficient (Wildman–Crippen LogP) is 6.02. The Hall–Kier alpha value is -3.36. The Morgan fingerprint density at radius 2 is 1.61 bits per heavy atom. The van der Waals surface area contributed by atoms with Crippen LogP contribution in [0.25, 0.3) is 0 Å². The average molecular weight is 596 g/mol. The van der Waals surface area contributed by atoms with E-state index in [2.05, 4.69) is 5.32 Å². The maximum Gasteiger partial charge on any atom is 0.264 e. The Morgan fingerprint density at radius 3 is 2.27 bits per heavy atom. The molecule has 9 heteroatoms. The molecule has 1 fully saturated rings. The maximum absolute atomic E-state index is 14.3. The number of hydrogen-bond acceptors (Lipinski definition) is 4. The number of anilines is 1. The second-order valence-corrected chi connectivity index (χ2v) is 12.9. The van der Waals surface area contributed by atoms with Crippen molar-refractivity contribution < 1.29 is 18.0 Å². The van der Waals surface area contributed by atoms with Crippen molar-refractivity contribution in [2.24, 2.45) is 0 Å². The highest BCUT2D eigenvalue weighted by molar-refractivity contribution is 7.92. The van der Waals surface area contributed by atoms with E-state index in [-0.39, 0.29) is 23.4 Å². The van der Waals surface area contributed by atoms with E-state index >= 15 is 0 Å². The first-order valence-corrected chi connectivity index (χ1v) is 15.9. The summed E-state index contributed by atoms with van der Waals surface area (Å²) in [7, 11) is -4.15. The summed E-state index contributed by atoms with van der Waals surface area (Å²) >= 11 is 6.31. The summed E-state index contributed by atoms with van der Waals surface area (Å²) in [5.74, 6) is -0.682. The van der Waals surface area contributed by atoms with E-state index in [1.54, 1.807) is 43.3 Å². The topological polar surface area (TPSA) is 86.8 Å². The Bertz CT molecular complexity index is 1470. The molecule has 1 saturated carbocycles. The van der Waals surface area contributed by atoms with Crippen LogP contribution in [-0.4, -0.2) is 43.8 Å². The van der Waals surface area contributed by atoms with Gasteiger partial charge >= 0.3 is 0 Å². The van der Waals surface area contributed by atoms with Crippen molar-refractivity contribution in [1.29, 1.82) is 0 Å². The third kappa shape index (κ3) is 7.29. The smallest absolute Gasteiger partial charge is 0.264 e. The standard InChI is InChI=1S/C32H38ClN3O4S/c1-4-29(32(38)34-27-14-10-11-15-27)35(21-25-13-9-8-12-23(25)2)31(37)22-36(30-20-26(33)19-18-24(30)3)41(39,40)28-16-6-5-7-17-28/h5-9,12-13,16-20,27,29H,4,10-11,14-15,21-22H2,1-3H3,(H,34,38). The molecule has 3 aromatic carbocycles. The zero-order valence-electron chi connectivity index (χ0n) is 23.8. The van der Waals surface area contributed by atoms with Crippen molar-refractivity contribution in [3.63, 3.8) is 0 Å². The molecule has 0 heterocycles. The van der Waals surface area contributed by atoms with Crippen molar-refractivity contribution in [2.45, 2.75) is 76.4 Å². The molecule has 4 rings (SSSR count). The number of benzene rings is 3. The minimum absolute atomic E-state index is 0.0589. The summed E-state index contributed by atoms with van der Waals surface area (Å²) in [6.07, 6.45) is 4.37. The molecule has 218 valence electrons. The molecule has 1 aliphatic rings. The lowest BCUT2D eigenvalue weighted by Crippen LogP contribution is -2.53. The van der Waals surface area contributed by atoms with Gasteiger partial charge in [0.2, 0.25) is 11.8 Å². The van der Waals surface area contributed by atoms with Gasteiger partial charge in [-0.25, -0.2) is 8.42 Å². The maximum atomic E-state index is 14.3. The van der Waals surface area contributed by atoms with Crippen LogP contribution in [-0.2, 0) is 26.2 Å². The van der Waals surface area contributed by atoms with Gasteiger partial charge in [-0.2, -0.15) is 0 Å². The number of sulfonamides is 1. The third-order valence-corrected chi connectivity index (χ3v) is 9.75. The summed E-state index contributed by atoms with van der Waals surface area (Å²) in [4.78, 5) is 29.4. The lowest BCUT2D eigenvalue weighted by molar-refractivity contribution is -0.140. The fourth-order valence-electron chi connectivity index (χ4n) is 5.34. The van der Waals surface area contributed by atoms with Crippen molar-refractivity contribution in [2.75, 3.05) is 10.8 Å². The van der Waals surface area contributed by atoms with E-state index in [4.69, 9.17) is 11.6 Å². The zero-order valence-corrected chi connectivity index (χ0v) is 25.4. The van der Waals surface area contributed by atoms with Crippen LogP contribution in [0.3, 0.4) is 0 Å². The number of nitrogens with zero attached hydrogens (tertiary/aromatic N) is 2. The van der Waals surface area contributed by atoms with Crippen LogP contribution >= 0.6 is 11.6 Å².